The van der Waals surface area contributed by atoms with Crippen molar-refractivity contribution in [2.24, 2.45) is 0 Å². The summed E-state index contributed by atoms with van der Waals surface area (Å²) in [4.78, 5) is 11.5. The van der Waals surface area contributed by atoms with Gasteiger partial charge in [0.2, 0.25) is 0 Å². The molecule has 0 radical (unpaired) electrons. The van der Waals surface area contributed by atoms with Crippen molar-refractivity contribution in [2.45, 2.75) is 32.6 Å². The second-order valence-corrected chi connectivity index (χ2v) is 4.81. The van der Waals surface area contributed by atoms with Gasteiger partial charge in [0.1, 0.15) is 0 Å². The fourth-order valence-corrected chi connectivity index (χ4v) is 1.77. The van der Waals surface area contributed by atoms with E-state index in [0.717, 1.165) is 12.0 Å². The summed E-state index contributed by atoms with van der Waals surface area (Å²) in [5, 5.41) is 1.04. The Hall–Kier alpha value is -0.730. The Bertz CT molecular complexity index is 391. The SMILES string of the molecule is CCCOC(=O)CC(C)c1ccc(Cl)c(Cl)c1. The molecule has 1 atom stereocenters. The molecule has 1 rings (SSSR count). The first-order valence-electron chi connectivity index (χ1n) is 5.65. The maximum Gasteiger partial charge on any atom is 0.306 e. The van der Waals surface area contributed by atoms with Crippen LogP contribution in [0.25, 0.3) is 0 Å². The molecule has 0 aliphatic rings. The average molecular weight is 275 g/mol. The van der Waals surface area contributed by atoms with Crippen LogP contribution in [0.3, 0.4) is 0 Å². The van der Waals surface area contributed by atoms with E-state index in [0.29, 0.717) is 23.1 Å². The molecule has 0 aliphatic carbocycles. The van der Waals surface area contributed by atoms with E-state index in [4.69, 9.17) is 27.9 Å². The lowest BCUT2D eigenvalue weighted by Crippen LogP contribution is -2.09. The lowest BCUT2D eigenvalue weighted by Gasteiger charge is -2.12. The molecular weight excluding hydrogens is 259 g/mol. The summed E-state index contributed by atoms with van der Waals surface area (Å²) in [7, 11) is 0. The maximum atomic E-state index is 11.5. The Balaban J connectivity index is 2.60. The van der Waals surface area contributed by atoms with Crippen LogP contribution in [0.2, 0.25) is 10.0 Å². The topological polar surface area (TPSA) is 26.3 Å². The predicted octanol–water partition coefficient (Wildman–Crippen LogP) is 4.44. The molecule has 0 spiro atoms. The Morgan fingerprint density at radius 2 is 2.06 bits per heavy atom. The fourth-order valence-electron chi connectivity index (χ4n) is 1.46. The fraction of sp³-hybridized carbons (Fsp3) is 0.462. The third-order valence-electron chi connectivity index (χ3n) is 2.45. The summed E-state index contributed by atoms with van der Waals surface area (Å²) in [5.74, 6) is -0.0976. The zero-order chi connectivity index (χ0) is 12.8. The second-order valence-electron chi connectivity index (χ2n) is 4.00. The van der Waals surface area contributed by atoms with Crippen LogP contribution in [0.5, 0.6) is 0 Å². The van der Waals surface area contributed by atoms with Gasteiger partial charge in [0.15, 0.2) is 0 Å². The van der Waals surface area contributed by atoms with Gasteiger partial charge in [-0.15, -0.1) is 0 Å². The summed E-state index contributed by atoms with van der Waals surface area (Å²) >= 11 is 11.8. The molecule has 1 aromatic carbocycles. The van der Waals surface area contributed by atoms with Crippen molar-refractivity contribution in [1.29, 1.82) is 0 Å². The van der Waals surface area contributed by atoms with Gasteiger partial charge in [-0.3, -0.25) is 4.79 Å². The third kappa shape index (κ3) is 4.57. The molecule has 1 aromatic rings. The standard InChI is InChI=1S/C13H16Cl2O2/c1-3-6-17-13(16)7-9(2)10-4-5-11(14)12(15)8-10/h4-5,8-9H,3,6-7H2,1-2H3. The van der Waals surface area contributed by atoms with Crippen LogP contribution in [0.15, 0.2) is 18.2 Å². The molecule has 0 heterocycles. The number of halogens is 2. The number of carbonyl (C=O) groups is 1. The van der Waals surface area contributed by atoms with Gasteiger partial charge in [-0.25, -0.2) is 0 Å². The molecule has 94 valence electrons. The van der Waals surface area contributed by atoms with Crippen LogP contribution < -0.4 is 0 Å². The van der Waals surface area contributed by atoms with Crippen LogP contribution >= 0.6 is 23.2 Å². The Labute approximate surface area is 112 Å². The number of rotatable bonds is 5. The summed E-state index contributed by atoms with van der Waals surface area (Å²) in [6.45, 7) is 4.41. The molecule has 17 heavy (non-hydrogen) atoms. The smallest absolute Gasteiger partial charge is 0.306 e. The summed E-state index contributed by atoms with van der Waals surface area (Å²) in [6.07, 6.45) is 1.20. The van der Waals surface area contributed by atoms with Crippen molar-refractivity contribution >= 4 is 29.2 Å². The van der Waals surface area contributed by atoms with Gasteiger partial charge in [0.05, 0.1) is 23.1 Å². The van der Waals surface area contributed by atoms with E-state index in [9.17, 15) is 4.79 Å². The van der Waals surface area contributed by atoms with E-state index in [1.54, 1.807) is 12.1 Å². The van der Waals surface area contributed by atoms with Crippen molar-refractivity contribution in [3.63, 3.8) is 0 Å². The lowest BCUT2D eigenvalue weighted by molar-refractivity contribution is -0.144. The number of carbonyl (C=O) groups excluding carboxylic acids is 1. The molecule has 1 unspecified atom stereocenters. The minimum absolute atomic E-state index is 0.0779. The first kappa shape index (κ1) is 14.3. The quantitative estimate of drug-likeness (QED) is 0.742. The lowest BCUT2D eigenvalue weighted by atomic mass is 9.98. The number of benzene rings is 1. The van der Waals surface area contributed by atoms with Gasteiger partial charge in [0.25, 0.3) is 0 Å². The first-order chi connectivity index (χ1) is 8.04. The highest BCUT2D eigenvalue weighted by atomic mass is 35.5. The van der Waals surface area contributed by atoms with Crippen LogP contribution in [-0.4, -0.2) is 12.6 Å². The molecule has 0 N–H and O–H groups in total. The maximum absolute atomic E-state index is 11.5. The van der Waals surface area contributed by atoms with Crippen LogP contribution in [0.4, 0.5) is 0 Å². The highest BCUT2D eigenvalue weighted by molar-refractivity contribution is 6.42. The molecular formula is C13H16Cl2O2. The van der Waals surface area contributed by atoms with E-state index in [1.807, 2.05) is 19.9 Å². The van der Waals surface area contributed by atoms with E-state index in [-0.39, 0.29) is 11.9 Å². The molecule has 0 aliphatic heterocycles. The number of hydrogen-bond donors (Lipinski definition) is 0. The predicted molar refractivity (Wildman–Crippen MR) is 70.7 cm³/mol. The zero-order valence-electron chi connectivity index (χ0n) is 10.0. The molecule has 2 nitrogen and oxygen atoms in total. The third-order valence-corrected chi connectivity index (χ3v) is 3.19. The number of ether oxygens (including phenoxy) is 1. The number of hydrogen-bond acceptors (Lipinski definition) is 2. The number of esters is 1. The summed E-state index contributed by atoms with van der Waals surface area (Å²) in [6, 6.07) is 5.42. The van der Waals surface area contributed by atoms with Crippen molar-refractivity contribution in [3.05, 3.63) is 33.8 Å². The Morgan fingerprint density at radius 1 is 1.35 bits per heavy atom. The van der Waals surface area contributed by atoms with E-state index in [1.165, 1.54) is 0 Å². The zero-order valence-corrected chi connectivity index (χ0v) is 11.5. The monoisotopic (exact) mass is 274 g/mol. The van der Waals surface area contributed by atoms with E-state index in [2.05, 4.69) is 0 Å². The van der Waals surface area contributed by atoms with Crippen LogP contribution in [0.1, 0.15) is 38.2 Å². The largest absolute Gasteiger partial charge is 0.466 e. The van der Waals surface area contributed by atoms with Gasteiger partial charge in [-0.2, -0.15) is 0 Å². The molecule has 0 aromatic heterocycles. The Morgan fingerprint density at radius 3 is 2.65 bits per heavy atom. The van der Waals surface area contributed by atoms with Gasteiger partial charge in [-0.05, 0) is 30.0 Å². The van der Waals surface area contributed by atoms with E-state index >= 15 is 0 Å². The van der Waals surface area contributed by atoms with Crippen molar-refractivity contribution in [3.8, 4) is 0 Å². The summed E-state index contributed by atoms with van der Waals surface area (Å²) in [5.41, 5.74) is 0.993. The van der Waals surface area contributed by atoms with Gasteiger partial charge in [0, 0.05) is 0 Å². The highest BCUT2D eigenvalue weighted by Gasteiger charge is 2.13. The molecule has 0 fully saturated rings. The minimum atomic E-state index is -0.176. The van der Waals surface area contributed by atoms with Crippen molar-refractivity contribution in [2.75, 3.05) is 6.61 Å². The van der Waals surface area contributed by atoms with Gasteiger partial charge >= 0.3 is 5.97 Å². The average Bonchev–Trinajstić information content (AvgIpc) is 2.30. The molecule has 0 bridgehead atoms. The Kier molecular flexibility index (Phi) is 5.79. The minimum Gasteiger partial charge on any atom is -0.466 e. The molecule has 0 amide bonds. The van der Waals surface area contributed by atoms with Gasteiger partial charge in [-0.1, -0.05) is 43.1 Å². The first-order valence-corrected chi connectivity index (χ1v) is 6.40. The van der Waals surface area contributed by atoms with E-state index < -0.39 is 0 Å². The molecule has 4 heteroatoms. The molecule has 0 saturated heterocycles. The normalized spacial score (nSPS) is 12.2. The summed E-state index contributed by atoms with van der Waals surface area (Å²) < 4.78 is 5.04. The second kappa shape index (κ2) is 6.87. The van der Waals surface area contributed by atoms with Crippen molar-refractivity contribution in [1.82, 2.24) is 0 Å². The van der Waals surface area contributed by atoms with Gasteiger partial charge < -0.3 is 4.74 Å². The molecule has 0 saturated carbocycles. The highest BCUT2D eigenvalue weighted by Crippen LogP contribution is 2.27. The van der Waals surface area contributed by atoms with Crippen LogP contribution in [0, 0.1) is 0 Å². The van der Waals surface area contributed by atoms with Crippen LogP contribution in [-0.2, 0) is 9.53 Å². The van der Waals surface area contributed by atoms with Crippen molar-refractivity contribution < 1.29 is 9.53 Å².